The number of likely N-dealkylation sites (tertiary alicyclic amines) is 1. The van der Waals surface area contributed by atoms with Crippen molar-refractivity contribution in [3.63, 3.8) is 0 Å². The molecule has 2 saturated heterocycles. The molecule has 204 valence electrons. The zero-order valence-electron chi connectivity index (χ0n) is 22.5. The molecule has 2 amide bonds. The molecule has 3 fully saturated rings. The molecule has 0 bridgehead atoms. The molecule has 1 atom stereocenters. The molecule has 1 saturated carbocycles. The lowest BCUT2D eigenvalue weighted by atomic mass is 9.74. The van der Waals surface area contributed by atoms with Crippen molar-refractivity contribution in [2.75, 3.05) is 52.9 Å². The van der Waals surface area contributed by atoms with Crippen LogP contribution < -0.4 is 4.74 Å². The van der Waals surface area contributed by atoms with Gasteiger partial charge in [-0.2, -0.15) is 0 Å². The number of nitrogens with zero attached hydrogens (tertiary/aromatic N) is 3. The summed E-state index contributed by atoms with van der Waals surface area (Å²) in [7, 11) is 2.08. The number of carbonyl (C=O) groups excluding carboxylic acids is 2. The van der Waals surface area contributed by atoms with Crippen molar-refractivity contribution < 1.29 is 18.7 Å². The summed E-state index contributed by atoms with van der Waals surface area (Å²) < 4.78 is 20.5. The van der Waals surface area contributed by atoms with E-state index in [0.717, 1.165) is 76.0 Å². The van der Waals surface area contributed by atoms with Crippen molar-refractivity contribution in [1.29, 1.82) is 0 Å². The summed E-state index contributed by atoms with van der Waals surface area (Å²) in [5, 5.41) is 0. The Kier molecular flexibility index (Phi) is 8.03. The highest BCUT2D eigenvalue weighted by Gasteiger charge is 2.48. The van der Waals surface area contributed by atoms with Crippen LogP contribution in [-0.4, -0.2) is 79.4 Å². The Morgan fingerprint density at radius 3 is 2.32 bits per heavy atom. The van der Waals surface area contributed by atoms with Gasteiger partial charge >= 0.3 is 0 Å². The van der Waals surface area contributed by atoms with Crippen molar-refractivity contribution in [3.8, 4) is 5.75 Å². The van der Waals surface area contributed by atoms with Crippen LogP contribution in [-0.2, 0) is 15.0 Å². The number of hydrogen-bond donors (Lipinski definition) is 0. The fraction of sp³-hybridized carbons (Fsp3) is 0.548. The number of likely N-dealkylation sites (N-methyl/N-ethyl adjacent to an activating group) is 1. The number of hydrogen-bond acceptors (Lipinski definition) is 4. The maximum Gasteiger partial charge on any atom is 0.233 e. The Labute approximate surface area is 225 Å². The largest absolute Gasteiger partial charge is 0.493 e. The lowest BCUT2D eigenvalue weighted by molar-refractivity contribution is -0.146. The molecule has 38 heavy (non-hydrogen) atoms. The molecule has 0 spiro atoms. The van der Waals surface area contributed by atoms with E-state index in [1.807, 2.05) is 46.2 Å². The van der Waals surface area contributed by atoms with Gasteiger partial charge in [0.2, 0.25) is 11.8 Å². The second-order valence-corrected chi connectivity index (χ2v) is 11.6. The molecule has 0 aromatic heterocycles. The summed E-state index contributed by atoms with van der Waals surface area (Å²) in [6.07, 6.45) is 5.40. The number of benzene rings is 2. The zero-order chi connectivity index (χ0) is 26.6. The van der Waals surface area contributed by atoms with E-state index >= 15 is 0 Å². The molecule has 1 aliphatic carbocycles. The molecule has 6 nitrogen and oxygen atoms in total. The number of carbonyl (C=O) groups is 2. The van der Waals surface area contributed by atoms with Crippen LogP contribution in [0.25, 0.3) is 0 Å². The van der Waals surface area contributed by atoms with E-state index in [2.05, 4.69) is 11.9 Å². The minimum atomic E-state index is -0.688. The predicted molar refractivity (Wildman–Crippen MR) is 145 cm³/mol. The first-order valence-electron chi connectivity index (χ1n) is 14.1. The number of piperazine rings is 1. The predicted octanol–water partition coefficient (Wildman–Crippen LogP) is 4.49. The Hall–Kier alpha value is -2.93. The van der Waals surface area contributed by atoms with Gasteiger partial charge in [0.05, 0.1) is 12.0 Å². The van der Waals surface area contributed by atoms with Gasteiger partial charge in [0.15, 0.2) is 0 Å². The first-order valence-corrected chi connectivity index (χ1v) is 14.1. The average Bonchev–Trinajstić information content (AvgIpc) is 3.44. The first kappa shape index (κ1) is 26.7. The van der Waals surface area contributed by atoms with Crippen LogP contribution in [0, 0.1) is 11.2 Å². The summed E-state index contributed by atoms with van der Waals surface area (Å²) in [6, 6.07) is 16.3. The third-order valence-corrected chi connectivity index (χ3v) is 8.86. The van der Waals surface area contributed by atoms with Gasteiger partial charge in [-0.3, -0.25) is 9.59 Å². The Bertz CT molecular complexity index is 1110. The third kappa shape index (κ3) is 5.73. The number of amides is 2. The maximum atomic E-state index is 14.3. The molecule has 5 rings (SSSR count). The highest BCUT2D eigenvalue weighted by atomic mass is 19.1. The topological polar surface area (TPSA) is 53.1 Å². The summed E-state index contributed by atoms with van der Waals surface area (Å²) in [6.45, 7) is 4.74. The van der Waals surface area contributed by atoms with Gasteiger partial charge in [0.1, 0.15) is 11.6 Å². The number of ether oxygens (including phenoxy) is 1. The number of para-hydroxylation sites is 1. The van der Waals surface area contributed by atoms with Crippen molar-refractivity contribution >= 4 is 11.8 Å². The Morgan fingerprint density at radius 1 is 0.868 bits per heavy atom. The molecule has 0 radical (unpaired) electrons. The van der Waals surface area contributed by atoms with Crippen molar-refractivity contribution in [3.05, 3.63) is 66.0 Å². The van der Waals surface area contributed by atoms with Crippen LogP contribution >= 0.6 is 0 Å². The van der Waals surface area contributed by atoms with Gasteiger partial charge in [-0.15, -0.1) is 0 Å². The highest BCUT2D eigenvalue weighted by Crippen LogP contribution is 2.45. The van der Waals surface area contributed by atoms with E-state index in [1.165, 1.54) is 12.1 Å². The van der Waals surface area contributed by atoms with Crippen molar-refractivity contribution in [1.82, 2.24) is 14.7 Å². The second-order valence-electron chi connectivity index (χ2n) is 11.6. The van der Waals surface area contributed by atoms with Gasteiger partial charge in [-0.1, -0.05) is 43.2 Å². The minimum Gasteiger partial charge on any atom is -0.493 e. The van der Waals surface area contributed by atoms with Gasteiger partial charge in [0, 0.05) is 51.1 Å². The molecule has 3 aliphatic rings. The summed E-state index contributed by atoms with van der Waals surface area (Å²) >= 11 is 0. The molecule has 2 aliphatic heterocycles. The lowest BCUT2D eigenvalue weighted by Crippen LogP contribution is -2.56. The number of piperidine rings is 1. The third-order valence-electron chi connectivity index (χ3n) is 8.86. The number of rotatable bonds is 7. The minimum absolute atomic E-state index is 0.0800. The molecule has 2 aromatic rings. The number of halogens is 1. The smallest absolute Gasteiger partial charge is 0.233 e. The molecule has 7 heteroatoms. The fourth-order valence-corrected chi connectivity index (χ4v) is 6.63. The second kappa shape index (κ2) is 11.4. The fourth-order valence-electron chi connectivity index (χ4n) is 6.63. The van der Waals surface area contributed by atoms with E-state index in [9.17, 15) is 14.0 Å². The van der Waals surface area contributed by atoms with Crippen molar-refractivity contribution in [2.24, 2.45) is 5.41 Å². The molecular formula is C31H40FN3O3. The standard InChI is InChI=1S/C31H40FN3O3/c1-33-17-19-34(20-18-33)28(36)22-30(24-38-27-11-3-2-4-12-27)13-8-16-35(23-30)29(37)31(14-5-6-15-31)25-9-7-10-26(32)21-25/h2-4,7,9-12,21H,5-6,8,13-20,22-24H2,1H3/t30-/m0/s1. The normalized spacial score (nSPS) is 23.8. The highest BCUT2D eigenvalue weighted by molar-refractivity contribution is 5.89. The summed E-state index contributed by atoms with van der Waals surface area (Å²) in [5.74, 6) is 0.694. The Morgan fingerprint density at radius 2 is 1.61 bits per heavy atom. The molecule has 0 unspecified atom stereocenters. The monoisotopic (exact) mass is 521 g/mol. The lowest BCUT2D eigenvalue weighted by Gasteiger charge is -2.46. The SMILES string of the molecule is CN1CCN(C(=O)C[C@@]2(COc3ccccc3)CCCN(C(=O)C3(c4cccc(F)c4)CCCC3)C2)CC1. The van der Waals surface area contributed by atoms with Crippen LogP contribution in [0.1, 0.15) is 50.5 Å². The van der Waals surface area contributed by atoms with Crippen LogP contribution in [0.2, 0.25) is 0 Å². The van der Waals surface area contributed by atoms with Crippen molar-refractivity contribution in [2.45, 2.75) is 50.4 Å². The van der Waals surface area contributed by atoms with Crippen LogP contribution in [0.5, 0.6) is 5.75 Å². The van der Waals surface area contributed by atoms with Gasteiger partial charge in [-0.25, -0.2) is 4.39 Å². The molecular weight excluding hydrogens is 481 g/mol. The van der Waals surface area contributed by atoms with E-state index in [1.54, 1.807) is 6.07 Å². The van der Waals surface area contributed by atoms with E-state index in [0.29, 0.717) is 26.1 Å². The van der Waals surface area contributed by atoms with Gasteiger partial charge in [-0.05, 0) is 62.6 Å². The molecule has 0 N–H and O–H groups in total. The first-order chi connectivity index (χ1) is 18.4. The van der Waals surface area contributed by atoms with Crippen LogP contribution in [0.3, 0.4) is 0 Å². The zero-order valence-corrected chi connectivity index (χ0v) is 22.5. The van der Waals surface area contributed by atoms with E-state index < -0.39 is 10.8 Å². The van der Waals surface area contributed by atoms with Crippen LogP contribution in [0.15, 0.2) is 54.6 Å². The van der Waals surface area contributed by atoms with Crippen LogP contribution in [0.4, 0.5) is 4.39 Å². The molecule has 2 heterocycles. The van der Waals surface area contributed by atoms with E-state index in [4.69, 9.17) is 4.74 Å². The quantitative estimate of drug-likeness (QED) is 0.539. The average molecular weight is 522 g/mol. The van der Waals surface area contributed by atoms with E-state index in [-0.39, 0.29) is 17.6 Å². The van der Waals surface area contributed by atoms with Gasteiger partial charge < -0.3 is 19.4 Å². The summed E-state index contributed by atoms with van der Waals surface area (Å²) in [4.78, 5) is 34.0. The Balaban J connectivity index is 1.39. The summed E-state index contributed by atoms with van der Waals surface area (Å²) in [5.41, 5.74) is -0.371. The molecule has 2 aromatic carbocycles. The maximum absolute atomic E-state index is 14.3. The van der Waals surface area contributed by atoms with Gasteiger partial charge in [0.25, 0.3) is 0 Å².